The van der Waals surface area contributed by atoms with Crippen molar-refractivity contribution in [1.29, 1.82) is 0 Å². The quantitative estimate of drug-likeness (QED) is 0.839. The summed E-state index contributed by atoms with van der Waals surface area (Å²) in [7, 11) is 1.99. The van der Waals surface area contributed by atoms with Gasteiger partial charge in [0, 0.05) is 19.6 Å². The van der Waals surface area contributed by atoms with Crippen LogP contribution in [0.3, 0.4) is 0 Å². The molecule has 0 saturated heterocycles. The van der Waals surface area contributed by atoms with Gasteiger partial charge >= 0.3 is 0 Å². The standard InChI is InChI=1S/C15H28N2O/c1-12-7-9-15(11-16,10-8-12)14(18)17(2)13-5-3-4-6-13/h12-13H,3-11,16H2,1-2H3. The molecule has 2 rings (SSSR count). The van der Waals surface area contributed by atoms with E-state index in [0.717, 1.165) is 31.6 Å². The highest BCUT2D eigenvalue weighted by Gasteiger charge is 2.42. The molecule has 1 amide bonds. The minimum atomic E-state index is -0.246. The van der Waals surface area contributed by atoms with E-state index in [4.69, 9.17) is 5.73 Å². The summed E-state index contributed by atoms with van der Waals surface area (Å²) in [6, 6.07) is 0.472. The van der Waals surface area contributed by atoms with Crippen LogP contribution in [-0.2, 0) is 4.79 Å². The van der Waals surface area contributed by atoms with Crippen LogP contribution in [-0.4, -0.2) is 30.4 Å². The molecule has 0 heterocycles. The number of nitrogens with two attached hydrogens (primary N) is 1. The van der Waals surface area contributed by atoms with Gasteiger partial charge in [-0.1, -0.05) is 19.8 Å². The Morgan fingerprint density at radius 2 is 1.78 bits per heavy atom. The summed E-state index contributed by atoms with van der Waals surface area (Å²) in [6.45, 7) is 2.81. The van der Waals surface area contributed by atoms with Crippen molar-refractivity contribution in [2.75, 3.05) is 13.6 Å². The number of hydrogen-bond acceptors (Lipinski definition) is 2. The van der Waals surface area contributed by atoms with Crippen molar-refractivity contribution in [2.24, 2.45) is 17.1 Å². The summed E-state index contributed by atoms with van der Waals surface area (Å²) < 4.78 is 0. The SMILES string of the molecule is CC1CCC(CN)(C(=O)N(C)C2CCCC2)CC1. The first-order valence-electron chi connectivity index (χ1n) is 7.56. The molecule has 0 unspecified atom stereocenters. The van der Waals surface area contributed by atoms with Crippen molar-refractivity contribution in [1.82, 2.24) is 4.90 Å². The van der Waals surface area contributed by atoms with Gasteiger partial charge in [0.05, 0.1) is 5.41 Å². The van der Waals surface area contributed by atoms with Crippen LogP contribution in [0, 0.1) is 11.3 Å². The average Bonchev–Trinajstić information content (AvgIpc) is 2.92. The second-order valence-electron chi connectivity index (χ2n) is 6.52. The molecule has 0 bridgehead atoms. The van der Waals surface area contributed by atoms with Crippen molar-refractivity contribution in [3.8, 4) is 0 Å². The number of rotatable bonds is 3. The molecule has 2 saturated carbocycles. The molecule has 0 aromatic rings. The number of carbonyl (C=O) groups excluding carboxylic acids is 1. The number of nitrogens with zero attached hydrogens (tertiary/aromatic N) is 1. The Hall–Kier alpha value is -0.570. The predicted octanol–water partition coefficient (Wildman–Crippen LogP) is 2.54. The van der Waals surface area contributed by atoms with Crippen molar-refractivity contribution in [3.63, 3.8) is 0 Å². The topological polar surface area (TPSA) is 46.3 Å². The molecule has 0 aromatic carbocycles. The van der Waals surface area contributed by atoms with Gasteiger partial charge in [-0.3, -0.25) is 4.79 Å². The van der Waals surface area contributed by atoms with Gasteiger partial charge in [-0.15, -0.1) is 0 Å². The van der Waals surface area contributed by atoms with E-state index in [2.05, 4.69) is 6.92 Å². The molecule has 2 fully saturated rings. The van der Waals surface area contributed by atoms with Gasteiger partial charge in [-0.2, -0.15) is 0 Å². The summed E-state index contributed by atoms with van der Waals surface area (Å²) in [6.07, 6.45) is 9.19. The number of amides is 1. The zero-order chi connectivity index (χ0) is 13.2. The van der Waals surface area contributed by atoms with Crippen LogP contribution >= 0.6 is 0 Å². The Balaban J connectivity index is 2.04. The van der Waals surface area contributed by atoms with Gasteiger partial charge in [0.25, 0.3) is 0 Å². The molecular formula is C15H28N2O. The van der Waals surface area contributed by atoms with Gasteiger partial charge in [0.2, 0.25) is 5.91 Å². The van der Waals surface area contributed by atoms with Crippen LogP contribution in [0.1, 0.15) is 58.3 Å². The fraction of sp³-hybridized carbons (Fsp3) is 0.933. The summed E-state index contributed by atoms with van der Waals surface area (Å²) in [5.74, 6) is 1.08. The molecule has 0 aromatic heterocycles. The maximum Gasteiger partial charge on any atom is 0.230 e. The molecule has 0 aliphatic heterocycles. The third-order valence-corrected chi connectivity index (χ3v) is 5.27. The van der Waals surface area contributed by atoms with Crippen molar-refractivity contribution in [2.45, 2.75) is 64.3 Å². The lowest BCUT2D eigenvalue weighted by molar-refractivity contribution is -0.144. The molecule has 18 heavy (non-hydrogen) atoms. The molecule has 2 N–H and O–H groups in total. The smallest absolute Gasteiger partial charge is 0.230 e. The highest BCUT2D eigenvalue weighted by Crippen LogP contribution is 2.40. The van der Waals surface area contributed by atoms with Crippen molar-refractivity contribution in [3.05, 3.63) is 0 Å². The zero-order valence-electron chi connectivity index (χ0n) is 12.0. The van der Waals surface area contributed by atoms with E-state index in [0.29, 0.717) is 18.5 Å². The fourth-order valence-electron chi connectivity index (χ4n) is 3.65. The van der Waals surface area contributed by atoms with Crippen LogP contribution in [0.25, 0.3) is 0 Å². The molecular weight excluding hydrogens is 224 g/mol. The second kappa shape index (κ2) is 5.60. The van der Waals surface area contributed by atoms with E-state index >= 15 is 0 Å². The number of hydrogen-bond donors (Lipinski definition) is 1. The van der Waals surface area contributed by atoms with Gasteiger partial charge in [-0.25, -0.2) is 0 Å². The van der Waals surface area contributed by atoms with E-state index < -0.39 is 0 Å². The Bertz CT molecular complexity index is 289. The summed E-state index contributed by atoms with van der Waals surface area (Å²) in [5, 5.41) is 0. The normalized spacial score (nSPS) is 33.6. The average molecular weight is 252 g/mol. The largest absolute Gasteiger partial charge is 0.342 e. The monoisotopic (exact) mass is 252 g/mol. The fourth-order valence-corrected chi connectivity index (χ4v) is 3.65. The Labute approximate surface area is 111 Å². The highest BCUT2D eigenvalue weighted by molar-refractivity contribution is 5.83. The second-order valence-corrected chi connectivity index (χ2v) is 6.52. The minimum absolute atomic E-state index is 0.246. The van der Waals surface area contributed by atoms with E-state index in [-0.39, 0.29) is 5.41 Å². The lowest BCUT2D eigenvalue weighted by atomic mass is 9.70. The zero-order valence-corrected chi connectivity index (χ0v) is 12.0. The van der Waals surface area contributed by atoms with Crippen molar-refractivity contribution < 1.29 is 4.79 Å². The lowest BCUT2D eigenvalue weighted by Gasteiger charge is -2.41. The first-order valence-corrected chi connectivity index (χ1v) is 7.56. The maximum atomic E-state index is 12.8. The summed E-state index contributed by atoms with van der Waals surface area (Å²) in [4.78, 5) is 14.8. The minimum Gasteiger partial charge on any atom is -0.342 e. The van der Waals surface area contributed by atoms with E-state index in [1.165, 1.54) is 25.7 Å². The van der Waals surface area contributed by atoms with Gasteiger partial charge in [0.15, 0.2) is 0 Å². The van der Waals surface area contributed by atoms with Crippen LogP contribution in [0.2, 0.25) is 0 Å². The molecule has 0 spiro atoms. The van der Waals surface area contributed by atoms with Crippen LogP contribution in [0.5, 0.6) is 0 Å². The van der Waals surface area contributed by atoms with Gasteiger partial charge in [-0.05, 0) is 44.4 Å². The molecule has 3 nitrogen and oxygen atoms in total. The molecule has 0 atom stereocenters. The summed E-state index contributed by atoms with van der Waals surface area (Å²) in [5.41, 5.74) is 5.73. The Morgan fingerprint density at radius 3 is 2.28 bits per heavy atom. The highest BCUT2D eigenvalue weighted by atomic mass is 16.2. The Kier molecular flexibility index (Phi) is 4.31. The molecule has 2 aliphatic carbocycles. The predicted molar refractivity (Wildman–Crippen MR) is 74.1 cm³/mol. The third kappa shape index (κ3) is 2.56. The van der Waals surface area contributed by atoms with E-state index in [1.807, 2.05) is 11.9 Å². The van der Waals surface area contributed by atoms with Crippen LogP contribution in [0.4, 0.5) is 0 Å². The lowest BCUT2D eigenvalue weighted by Crippen LogP contribution is -2.51. The van der Waals surface area contributed by atoms with Gasteiger partial charge in [0.1, 0.15) is 0 Å². The third-order valence-electron chi connectivity index (χ3n) is 5.27. The molecule has 104 valence electrons. The summed E-state index contributed by atoms with van der Waals surface area (Å²) >= 11 is 0. The molecule has 0 radical (unpaired) electrons. The Morgan fingerprint density at radius 1 is 1.22 bits per heavy atom. The van der Waals surface area contributed by atoms with Crippen LogP contribution in [0.15, 0.2) is 0 Å². The molecule has 2 aliphatic rings. The number of carbonyl (C=O) groups is 1. The molecule has 3 heteroatoms. The van der Waals surface area contributed by atoms with Crippen molar-refractivity contribution >= 4 is 5.91 Å². The van der Waals surface area contributed by atoms with E-state index in [1.54, 1.807) is 0 Å². The first-order chi connectivity index (χ1) is 8.59. The van der Waals surface area contributed by atoms with Gasteiger partial charge < -0.3 is 10.6 Å². The maximum absolute atomic E-state index is 12.8. The first kappa shape index (κ1) is 13.9. The van der Waals surface area contributed by atoms with Crippen LogP contribution < -0.4 is 5.73 Å². The van der Waals surface area contributed by atoms with E-state index in [9.17, 15) is 4.79 Å².